The smallest absolute Gasteiger partial charge is 0.303 e. The van der Waals surface area contributed by atoms with Crippen LogP contribution in [0.3, 0.4) is 0 Å². The van der Waals surface area contributed by atoms with Gasteiger partial charge in [0.1, 0.15) is 0 Å². The van der Waals surface area contributed by atoms with Gasteiger partial charge in [0.05, 0.1) is 18.8 Å². The van der Waals surface area contributed by atoms with Gasteiger partial charge in [-0.1, -0.05) is 97.1 Å². The van der Waals surface area contributed by atoms with Gasteiger partial charge in [0.2, 0.25) is 0 Å². The van der Waals surface area contributed by atoms with Gasteiger partial charge in [0.15, 0.2) is 12.4 Å². The molecule has 5 atom stereocenters. The number of fused-ring (bicyclic) bond motifs is 1. The number of hydrogen-bond donors (Lipinski definition) is 2. The highest BCUT2D eigenvalue weighted by atomic mass is 16.7. The van der Waals surface area contributed by atoms with E-state index in [1.807, 2.05) is 66.7 Å². The van der Waals surface area contributed by atoms with Gasteiger partial charge in [-0.2, -0.15) is 0 Å². The highest BCUT2D eigenvalue weighted by Gasteiger charge is 2.33. The molecule has 5 aromatic carbocycles. The van der Waals surface area contributed by atoms with Crippen molar-refractivity contribution >= 4 is 22.6 Å². The molecule has 8 heteroatoms. The molecule has 1 aliphatic heterocycles. The summed E-state index contributed by atoms with van der Waals surface area (Å²) in [6, 6.07) is 39.4. The van der Waals surface area contributed by atoms with Crippen LogP contribution in [0.4, 0.5) is 0 Å². The van der Waals surface area contributed by atoms with Crippen molar-refractivity contribution in [2.45, 2.75) is 71.0 Å². The fourth-order valence-corrected chi connectivity index (χ4v) is 6.60. The molecule has 1 aliphatic rings. The van der Waals surface area contributed by atoms with Crippen molar-refractivity contribution in [3.05, 3.63) is 143 Å². The Bertz CT molecular complexity index is 1960. The van der Waals surface area contributed by atoms with E-state index in [0.29, 0.717) is 19.5 Å². The second-order valence-electron chi connectivity index (χ2n) is 13.4. The van der Waals surface area contributed by atoms with Crippen LogP contribution in [0.15, 0.2) is 115 Å². The van der Waals surface area contributed by atoms with E-state index in [1.54, 1.807) is 6.92 Å². The van der Waals surface area contributed by atoms with E-state index in [0.717, 1.165) is 33.4 Å². The summed E-state index contributed by atoms with van der Waals surface area (Å²) in [5.41, 5.74) is 6.97. The van der Waals surface area contributed by atoms with Gasteiger partial charge in [-0.25, -0.2) is 0 Å². The topological polar surface area (TPSA) is 97.3 Å². The van der Waals surface area contributed by atoms with Crippen molar-refractivity contribution in [2.75, 3.05) is 13.6 Å². The van der Waals surface area contributed by atoms with Crippen LogP contribution in [0, 0.1) is 0 Å². The van der Waals surface area contributed by atoms with Gasteiger partial charge in [0.25, 0.3) is 5.91 Å². The maximum Gasteiger partial charge on any atom is 0.303 e. The van der Waals surface area contributed by atoms with Crippen LogP contribution in [0.1, 0.15) is 73.4 Å². The third-order valence-electron chi connectivity index (χ3n) is 9.62. The molecule has 5 aromatic rings. The first kappa shape index (κ1) is 35.9. The second-order valence-corrected chi connectivity index (χ2v) is 13.4. The van der Waals surface area contributed by atoms with Gasteiger partial charge in [-0.3, -0.25) is 14.5 Å². The van der Waals surface area contributed by atoms with Crippen molar-refractivity contribution in [3.8, 4) is 11.1 Å². The Kier molecular flexibility index (Phi) is 11.6. The number of ether oxygens (including phenoxy) is 3. The lowest BCUT2D eigenvalue weighted by atomic mass is 9.97. The molecule has 0 bridgehead atoms. The Morgan fingerprint density at radius 1 is 0.824 bits per heavy atom. The van der Waals surface area contributed by atoms with Crippen molar-refractivity contribution in [2.24, 2.45) is 0 Å². The fraction of sp³-hybridized carbons (Fsp3) is 0.302. The number of amides is 1. The molecule has 0 aromatic heterocycles. The molecule has 8 nitrogen and oxygen atoms in total. The van der Waals surface area contributed by atoms with Gasteiger partial charge in [0, 0.05) is 38.0 Å². The molecular weight excluding hydrogens is 640 g/mol. The van der Waals surface area contributed by atoms with E-state index in [9.17, 15) is 14.7 Å². The fourth-order valence-electron chi connectivity index (χ4n) is 6.60. The van der Waals surface area contributed by atoms with Crippen LogP contribution in [0.2, 0.25) is 0 Å². The van der Waals surface area contributed by atoms with Crippen molar-refractivity contribution in [1.29, 1.82) is 0 Å². The van der Waals surface area contributed by atoms with Gasteiger partial charge in [-0.05, 0) is 83.2 Å². The molecular formula is C43H46N2O6. The molecule has 1 heterocycles. The Labute approximate surface area is 300 Å². The van der Waals surface area contributed by atoms with Crippen LogP contribution in [0.5, 0.6) is 0 Å². The molecule has 1 fully saturated rings. The van der Waals surface area contributed by atoms with Gasteiger partial charge in [-0.15, -0.1) is 0 Å². The summed E-state index contributed by atoms with van der Waals surface area (Å²) in [6.45, 7) is 6.07. The first-order valence-electron chi connectivity index (χ1n) is 17.5. The average Bonchev–Trinajstić information content (AvgIpc) is 3.16. The molecule has 0 unspecified atom stereocenters. The molecule has 51 heavy (non-hydrogen) atoms. The van der Waals surface area contributed by atoms with Crippen molar-refractivity contribution < 1.29 is 28.9 Å². The van der Waals surface area contributed by atoms with E-state index in [2.05, 4.69) is 72.7 Å². The lowest BCUT2D eigenvalue weighted by Crippen LogP contribution is -2.38. The number of carbonyl (C=O) groups is 2. The predicted octanol–water partition coefficient (Wildman–Crippen LogP) is 7.81. The maximum absolute atomic E-state index is 12.4. The van der Waals surface area contributed by atoms with Crippen LogP contribution < -0.4 is 5.32 Å². The lowest BCUT2D eigenvalue weighted by Gasteiger charge is -2.39. The Morgan fingerprint density at radius 3 is 2.29 bits per heavy atom. The van der Waals surface area contributed by atoms with Crippen molar-refractivity contribution in [3.63, 3.8) is 0 Å². The first-order chi connectivity index (χ1) is 24.7. The summed E-state index contributed by atoms with van der Waals surface area (Å²) in [4.78, 5) is 26.0. The molecule has 1 saturated heterocycles. The number of esters is 1. The normalized spacial score (nSPS) is 18.7. The minimum Gasteiger partial charge on any atom is -0.453 e. The SMILES string of the molecule is CC(=O)O[C@@H](C)C(=O)NCc1cccc(-c2cccc([C@@H]3O[C@H](CN(C)[C@H](C)c4ccc5ccccc5c4)C[C@H](c4ccc(CO)cc4)O3)c2)c1. The number of benzene rings is 5. The number of likely N-dealkylation sites (N-methyl/N-ethyl adjacent to an activating group) is 1. The van der Waals surface area contributed by atoms with E-state index in [1.165, 1.54) is 23.3 Å². The number of rotatable bonds is 12. The van der Waals surface area contributed by atoms with E-state index in [-0.39, 0.29) is 30.8 Å². The zero-order chi connectivity index (χ0) is 35.9. The molecule has 0 saturated carbocycles. The summed E-state index contributed by atoms with van der Waals surface area (Å²) < 4.78 is 18.4. The van der Waals surface area contributed by atoms with Crippen LogP contribution in [-0.2, 0) is 37.0 Å². The van der Waals surface area contributed by atoms with E-state index < -0.39 is 18.4 Å². The molecule has 0 spiro atoms. The molecule has 0 radical (unpaired) electrons. The van der Waals surface area contributed by atoms with Crippen LogP contribution in [-0.4, -0.2) is 47.7 Å². The Hall–Kier alpha value is -4.86. The number of aliphatic hydroxyl groups is 1. The van der Waals surface area contributed by atoms with E-state index in [4.69, 9.17) is 14.2 Å². The highest BCUT2D eigenvalue weighted by Crippen LogP contribution is 2.39. The third-order valence-corrected chi connectivity index (χ3v) is 9.62. The summed E-state index contributed by atoms with van der Waals surface area (Å²) in [5.74, 6) is -0.845. The standard InChI is InChI=1S/C43H46N2O6/c1-28(35-20-19-33-10-5-6-11-37(33)22-35)45(4)26-40-24-41(34-17-15-31(27-46)16-18-34)51-43(50-40)39-14-8-13-38(23-39)36-12-7-9-32(21-36)25-44-42(48)29(2)49-30(3)47/h5-23,28-29,40-41,43,46H,24-27H2,1-4H3,(H,44,48)/t28-,29+,40+,41-,43-/m1/s1. The molecule has 1 amide bonds. The molecule has 264 valence electrons. The predicted molar refractivity (Wildman–Crippen MR) is 198 cm³/mol. The molecule has 2 N–H and O–H groups in total. The van der Waals surface area contributed by atoms with Gasteiger partial charge < -0.3 is 24.6 Å². The zero-order valence-corrected chi connectivity index (χ0v) is 29.6. The van der Waals surface area contributed by atoms with Gasteiger partial charge >= 0.3 is 5.97 Å². The summed E-state index contributed by atoms with van der Waals surface area (Å²) in [5, 5.41) is 14.9. The zero-order valence-electron chi connectivity index (χ0n) is 29.6. The number of aliphatic hydroxyl groups excluding tert-OH is 1. The number of carbonyl (C=O) groups excluding carboxylic acids is 2. The monoisotopic (exact) mass is 686 g/mol. The minimum absolute atomic E-state index is 0.00855. The number of hydrogen-bond acceptors (Lipinski definition) is 7. The number of nitrogens with zero attached hydrogens (tertiary/aromatic N) is 1. The quantitative estimate of drug-likeness (QED) is 0.129. The maximum atomic E-state index is 12.4. The summed E-state index contributed by atoms with van der Waals surface area (Å²) in [7, 11) is 2.14. The summed E-state index contributed by atoms with van der Waals surface area (Å²) in [6.07, 6.45) is -1.08. The molecule has 0 aliphatic carbocycles. The third kappa shape index (κ3) is 9.09. The van der Waals surface area contributed by atoms with Crippen LogP contribution in [0.25, 0.3) is 21.9 Å². The van der Waals surface area contributed by atoms with Crippen molar-refractivity contribution in [1.82, 2.24) is 10.2 Å². The minimum atomic E-state index is -0.861. The largest absolute Gasteiger partial charge is 0.453 e. The highest BCUT2D eigenvalue weighted by molar-refractivity contribution is 5.83. The average molecular weight is 687 g/mol. The molecule has 6 rings (SSSR count). The Balaban J connectivity index is 1.20. The first-order valence-corrected chi connectivity index (χ1v) is 17.5. The summed E-state index contributed by atoms with van der Waals surface area (Å²) >= 11 is 0. The van der Waals surface area contributed by atoms with Crippen LogP contribution >= 0.6 is 0 Å². The lowest BCUT2D eigenvalue weighted by molar-refractivity contribution is -0.253. The van der Waals surface area contributed by atoms with E-state index >= 15 is 0 Å². The number of nitrogens with one attached hydrogen (secondary N) is 1. The second kappa shape index (κ2) is 16.4. The Morgan fingerprint density at radius 2 is 1.55 bits per heavy atom.